The number of amides is 1. The molecule has 0 aromatic carbocycles. The maximum absolute atomic E-state index is 11.5. The average Bonchev–Trinajstić information content (AvgIpc) is 2.50. The summed E-state index contributed by atoms with van der Waals surface area (Å²) in [4.78, 5) is 15.7. The first-order chi connectivity index (χ1) is 6.68. The van der Waals surface area contributed by atoms with Gasteiger partial charge in [-0.1, -0.05) is 0 Å². The van der Waals surface area contributed by atoms with Crippen LogP contribution in [0.25, 0.3) is 0 Å². The van der Waals surface area contributed by atoms with Gasteiger partial charge in [0.2, 0.25) is 0 Å². The van der Waals surface area contributed by atoms with Crippen molar-refractivity contribution in [1.29, 1.82) is 0 Å². The summed E-state index contributed by atoms with van der Waals surface area (Å²) in [5, 5.41) is 9.35. The Labute approximate surface area is 84.5 Å². The third-order valence-corrected chi connectivity index (χ3v) is 3.34. The molecule has 1 amide bonds. The van der Waals surface area contributed by atoms with E-state index in [1.165, 1.54) is 0 Å². The molecule has 0 aromatic heterocycles. The molecule has 2 saturated heterocycles. The lowest BCUT2D eigenvalue weighted by Crippen LogP contribution is -2.45. The molecule has 0 spiro atoms. The highest BCUT2D eigenvalue weighted by atomic mass is 16.3. The number of likely N-dealkylation sites (tertiary alicyclic amines) is 2. The summed E-state index contributed by atoms with van der Waals surface area (Å²) >= 11 is 0. The summed E-state index contributed by atoms with van der Waals surface area (Å²) in [6.07, 6.45) is 1.99. The van der Waals surface area contributed by atoms with Crippen LogP contribution in [0, 0.1) is 0 Å². The predicted octanol–water partition coefficient (Wildman–Crippen LogP) is -0.326. The van der Waals surface area contributed by atoms with Gasteiger partial charge in [0.15, 0.2) is 0 Å². The van der Waals surface area contributed by atoms with Gasteiger partial charge in [-0.2, -0.15) is 0 Å². The van der Waals surface area contributed by atoms with Crippen molar-refractivity contribution in [2.45, 2.75) is 31.4 Å². The normalized spacial score (nSPS) is 31.4. The lowest BCUT2D eigenvalue weighted by molar-refractivity contribution is -0.137. The zero-order chi connectivity index (χ0) is 10.1. The van der Waals surface area contributed by atoms with Crippen molar-refractivity contribution in [2.75, 3.05) is 26.7 Å². The smallest absolute Gasteiger partial charge is 0.251 e. The van der Waals surface area contributed by atoms with Gasteiger partial charge in [-0.05, 0) is 39.4 Å². The van der Waals surface area contributed by atoms with Gasteiger partial charge in [0.1, 0.15) is 6.10 Å². The molecule has 2 heterocycles. The van der Waals surface area contributed by atoms with Crippen LogP contribution in [-0.2, 0) is 4.79 Å². The molecule has 0 bridgehead atoms. The second kappa shape index (κ2) is 3.87. The number of hydrogen-bond acceptors (Lipinski definition) is 3. The molecule has 2 fully saturated rings. The molecule has 0 aromatic rings. The van der Waals surface area contributed by atoms with Crippen molar-refractivity contribution in [2.24, 2.45) is 0 Å². The van der Waals surface area contributed by atoms with E-state index in [2.05, 4.69) is 11.9 Å². The molecule has 2 aliphatic heterocycles. The Balaban J connectivity index is 1.93. The summed E-state index contributed by atoms with van der Waals surface area (Å²) in [6, 6.07) is 0.371. The van der Waals surface area contributed by atoms with Crippen LogP contribution in [0.1, 0.15) is 19.3 Å². The predicted molar refractivity (Wildman–Crippen MR) is 52.9 cm³/mol. The second-order valence-electron chi connectivity index (χ2n) is 4.37. The summed E-state index contributed by atoms with van der Waals surface area (Å²) in [7, 11) is 2.11. The van der Waals surface area contributed by atoms with Crippen LogP contribution in [0.3, 0.4) is 0 Å². The lowest BCUT2D eigenvalue weighted by atomic mass is 10.0. The monoisotopic (exact) mass is 198 g/mol. The standard InChI is InChI=1S/C10H18N2O2/c1-11-5-2-8(3-6-11)12-7-4-9(13)10(12)14/h8-9,13H,2-7H2,1H3. The molecule has 0 radical (unpaired) electrons. The summed E-state index contributed by atoms with van der Waals surface area (Å²) in [5.74, 6) is -0.0560. The molecular weight excluding hydrogens is 180 g/mol. The molecule has 4 heteroatoms. The van der Waals surface area contributed by atoms with Gasteiger partial charge >= 0.3 is 0 Å². The number of carbonyl (C=O) groups excluding carboxylic acids is 1. The Morgan fingerprint density at radius 2 is 1.86 bits per heavy atom. The SMILES string of the molecule is CN1CCC(N2CCC(O)C2=O)CC1. The van der Waals surface area contributed by atoms with Gasteiger partial charge in [0, 0.05) is 12.6 Å². The number of carbonyl (C=O) groups is 1. The van der Waals surface area contributed by atoms with Gasteiger partial charge in [-0.25, -0.2) is 0 Å². The molecule has 1 unspecified atom stereocenters. The zero-order valence-corrected chi connectivity index (χ0v) is 8.65. The number of aliphatic hydroxyl groups is 1. The summed E-state index contributed by atoms with van der Waals surface area (Å²) < 4.78 is 0. The van der Waals surface area contributed by atoms with Gasteiger partial charge < -0.3 is 14.9 Å². The van der Waals surface area contributed by atoms with E-state index in [0.29, 0.717) is 12.5 Å². The third kappa shape index (κ3) is 1.77. The minimum Gasteiger partial charge on any atom is -0.383 e. The van der Waals surface area contributed by atoms with E-state index in [-0.39, 0.29) is 5.91 Å². The molecular formula is C10H18N2O2. The van der Waals surface area contributed by atoms with E-state index in [1.54, 1.807) is 0 Å². The first-order valence-corrected chi connectivity index (χ1v) is 5.35. The number of aliphatic hydroxyl groups excluding tert-OH is 1. The second-order valence-corrected chi connectivity index (χ2v) is 4.37. The fourth-order valence-electron chi connectivity index (χ4n) is 2.36. The summed E-state index contributed by atoms with van der Waals surface area (Å²) in [6.45, 7) is 2.86. The number of piperidine rings is 1. The highest BCUT2D eigenvalue weighted by molar-refractivity contribution is 5.83. The fourth-order valence-corrected chi connectivity index (χ4v) is 2.36. The molecule has 4 nitrogen and oxygen atoms in total. The first kappa shape index (κ1) is 9.93. The average molecular weight is 198 g/mol. The Hall–Kier alpha value is -0.610. The molecule has 2 aliphatic rings. The molecule has 80 valence electrons. The highest BCUT2D eigenvalue weighted by Gasteiger charge is 2.35. The quantitative estimate of drug-likeness (QED) is 0.627. The van der Waals surface area contributed by atoms with E-state index in [4.69, 9.17) is 0 Å². The molecule has 1 atom stereocenters. The molecule has 1 N–H and O–H groups in total. The Morgan fingerprint density at radius 1 is 1.21 bits per heavy atom. The van der Waals surface area contributed by atoms with E-state index in [1.807, 2.05) is 4.90 Å². The minimum absolute atomic E-state index is 0.0560. The maximum atomic E-state index is 11.5. The van der Waals surface area contributed by atoms with Gasteiger partial charge in [-0.15, -0.1) is 0 Å². The van der Waals surface area contributed by atoms with E-state index in [9.17, 15) is 9.90 Å². The van der Waals surface area contributed by atoms with Crippen LogP contribution in [0.5, 0.6) is 0 Å². The topological polar surface area (TPSA) is 43.8 Å². The Bertz CT molecular complexity index is 224. The van der Waals surface area contributed by atoms with Gasteiger partial charge in [0.05, 0.1) is 0 Å². The zero-order valence-electron chi connectivity index (χ0n) is 8.65. The van der Waals surface area contributed by atoms with Crippen LogP contribution >= 0.6 is 0 Å². The Kier molecular flexibility index (Phi) is 2.74. The van der Waals surface area contributed by atoms with Crippen LogP contribution < -0.4 is 0 Å². The lowest BCUT2D eigenvalue weighted by Gasteiger charge is -2.34. The number of hydrogen-bond donors (Lipinski definition) is 1. The van der Waals surface area contributed by atoms with E-state index in [0.717, 1.165) is 32.5 Å². The van der Waals surface area contributed by atoms with E-state index >= 15 is 0 Å². The van der Waals surface area contributed by atoms with Crippen LogP contribution in [0.15, 0.2) is 0 Å². The van der Waals surface area contributed by atoms with Crippen molar-refractivity contribution in [3.63, 3.8) is 0 Å². The van der Waals surface area contributed by atoms with Crippen LogP contribution in [0.2, 0.25) is 0 Å². The van der Waals surface area contributed by atoms with Crippen molar-refractivity contribution in [3.05, 3.63) is 0 Å². The van der Waals surface area contributed by atoms with Gasteiger partial charge in [-0.3, -0.25) is 4.79 Å². The van der Waals surface area contributed by atoms with Crippen molar-refractivity contribution in [1.82, 2.24) is 9.80 Å². The molecule has 0 saturated carbocycles. The number of rotatable bonds is 1. The highest BCUT2D eigenvalue weighted by Crippen LogP contribution is 2.21. The molecule has 14 heavy (non-hydrogen) atoms. The van der Waals surface area contributed by atoms with Crippen LogP contribution in [-0.4, -0.2) is 59.6 Å². The maximum Gasteiger partial charge on any atom is 0.251 e. The largest absolute Gasteiger partial charge is 0.383 e. The van der Waals surface area contributed by atoms with Crippen molar-refractivity contribution in [3.8, 4) is 0 Å². The fraction of sp³-hybridized carbons (Fsp3) is 0.900. The van der Waals surface area contributed by atoms with Gasteiger partial charge in [0.25, 0.3) is 5.91 Å². The van der Waals surface area contributed by atoms with Crippen LogP contribution in [0.4, 0.5) is 0 Å². The Morgan fingerprint density at radius 3 is 2.36 bits per heavy atom. The molecule has 0 aliphatic carbocycles. The number of nitrogens with zero attached hydrogens (tertiary/aromatic N) is 2. The molecule has 2 rings (SSSR count). The summed E-state index contributed by atoms with van der Waals surface area (Å²) in [5.41, 5.74) is 0. The van der Waals surface area contributed by atoms with E-state index < -0.39 is 6.10 Å². The first-order valence-electron chi connectivity index (χ1n) is 5.35. The minimum atomic E-state index is -0.727. The van der Waals surface area contributed by atoms with Crippen molar-refractivity contribution >= 4 is 5.91 Å². The van der Waals surface area contributed by atoms with Crippen molar-refractivity contribution < 1.29 is 9.90 Å². The third-order valence-electron chi connectivity index (χ3n) is 3.34.